The number of sulfonamides is 1. The fraction of sp³-hybridized carbons (Fsp3) is 0.278. The number of nitro benzene ring substituents is 1. The van der Waals surface area contributed by atoms with Crippen LogP contribution >= 0.6 is 11.6 Å². The lowest BCUT2D eigenvalue weighted by molar-refractivity contribution is -0.385. The quantitative estimate of drug-likeness (QED) is 0.536. The minimum absolute atomic E-state index is 0.0645. The molecule has 1 fully saturated rings. The molecule has 0 aliphatic carbocycles. The molecule has 1 amide bonds. The van der Waals surface area contributed by atoms with Gasteiger partial charge in [-0.15, -0.1) is 0 Å². The first-order chi connectivity index (χ1) is 13.6. The molecule has 1 heterocycles. The van der Waals surface area contributed by atoms with Crippen molar-refractivity contribution in [3.05, 3.63) is 68.5 Å². The molecule has 0 saturated carbocycles. The van der Waals surface area contributed by atoms with E-state index in [1.165, 1.54) is 27.4 Å². The van der Waals surface area contributed by atoms with Gasteiger partial charge >= 0.3 is 0 Å². The average molecular weight is 442 g/mol. The molecule has 11 heteroatoms. The van der Waals surface area contributed by atoms with E-state index in [1.54, 1.807) is 6.92 Å². The van der Waals surface area contributed by atoms with Gasteiger partial charge in [0.2, 0.25) is 10.0 Å². The van der Waals surface area contributed by atoms with Crippen LogP contribution in [0.25, 0.3) is 0 Å². The van der Waals surface area contributed by atoms with Crippen molar-refractivity contribution in [1.82, 2.24) is 9.21 Å². The first kappa shape index (κ1) is 21.2. The summed E-state index contributed by atoms with van der Waals surface area (Å²) in [4.78, 5) is 24.4. The second-order valence-corrected chi connectivity index (χ2v) is 8.88. The van der Waals surface area contributed by atoms with E-state index in [0.717, 1.165) is 18.2 Å². The Bertz CT molecular complexity index is 1080. The van der Waals surface area contributed by atoms with E-state index < -0.39 is 20.8 Å². The number of hydrogen-bond donors (Lipinski definition) is 0. The summed E-state index contributed by atoms with van der Waals surface area (Å²) in [6.45, 7) is 1.99. The number of benzene rings is 2. The number of nitrogens with zero attached hydrogens (tertiary/aromatic N) is 3. The van der Waals surface area contributed by atoms with Gasteiger partial charge in [0.05, 0.1) is 14.8 Å². The molecule has 0 radical (unpaired) electrons. The molecule has 0 bridgehead atoms. The van der Waals surface area contributed by atoms with Crippen LogP contribution in [0.5, 0.6) is 0 Å². The smallest absolute Gasteiger partial charge is 0.272 e. The van der Waals surface area contributed by atoms with Gasteiger partial charge in [0, 0.05) is 43.4 Å². The molecule has 0 spiro atoms. The second-order valence-electron chi connectivity index (χ2n) is 6.53. The summed E-state index contributed by atoms with van der Waals surface area (Å²) in [7, 11) is -3.87. The highest BCUT2D eigenvalue weighted by Gasteiger charge is 2.31. The van der Waals surface area contributed by atoms with Crippen molar-refractivity contribution in [3.63, 3.8) is 0 Å². The maximum atomic E-state index is 13.3. The summed E-state index contributed by atoms with van der Waals surface area (Å²) in [6.07, 6.45) is 0. The van der Waals surface area contributed by atoms with Crippen LogP contribution in [0.4, 0.5) is 10.1 Å². The molecule has 0 aromatic heterocycles. The molecule has 2 aromatic rings. The Morgan fingerprint density at radius 2 is 1.79 bits per heavy atom. The predicted octanol–water partition coefficient (Wildman–Crippen LogP) is 2.84. The summed E-state index contributed by atoms with van der Waals surface area (Å²) in [5.74, 6) is -1.04. The van der Waals surface area contributed by atoms with E-state index in [9.17, 15) is 27.7 Å². The summed E-state index contributed by atoms with van der Waals surface area (Å²) >= 11 is 5.68. The van der Waals surface area contributed by atoms with Gasteiger partial charge in [-0.1, -0.05) is 11.6 Å². The van der Waals surface area contributed by atoms with Gasteiger partial charge in [0.15, 0.2) is 0 Å². The summed E-state index contributed by atoms with van der Waals surface area (Å²) in [5.41, 5.74) is 0.598. The monoisotopic (exact) mass is 441 g/mol. The molecular weight excluding hydrogens is 425 g/mol. The first-order valence-electron chi connectivity index (χ1n) is 8.61. The van der Waals surface area contributed by atoms with Gasteiger partial charge in [-0.25, -0.2) is 12.8 Å². The van der Waals surface area contributed by atoms with Crippen LogP contribution in [0.3, 0.4) is 0 Å². The number of carbonyl (C=O) groups excluding carboxylic acids is 1. The van der Waals surface area contributed by atoms with Crippen molar-refractivity contribution in [2.45, 2.75) is 11.8 Å². The Kier molecular flexibility index (Phi) is 5.87. The standard InChI is InChI=1S/C18H17ClFN3O5S/c1-12-10-13(2-5-17(12)23(25)26)18(24)21-6-8-22(9-7-21)29(27,28)14-3-4-16(20)15(19)11-14/h2-5,10-11H,6-9H2,1H3. The van der Waals surface area contributed by atoms with E-state index in [0.29, 0.717) is 11.1 Å². The largest absolute Gasteiger partial charge is 0.336 e. The van der Waals surface area contributed by atoms with Crippen molar-refractivity contribution in [3.8, 4) is 0 Å². The molecule has 0 atom stereocenters. The van der Waals surface area contributed by atoms with Crippen LogP contribution in [-0.2, 0) is 10.0 Å². The number of hydrogen-bond acceptors (Lipinski definition) is 5. The zero-order chi connectivity index (χ0) is 21.3. The van der Waals surface area contributed by atoms with Crippen molar-refractivity contribution in [2.24, 2.45) is 0 Å². The third kappa shape index (κ3) is 4.24. The number of aryl methyl sites for hydroxylation is 1. The predicted molar refractivity (Wildman–Crippen MR) is 104 cm³/mol. The van der Waals surface area contributed by atoms with E-state index in [-0.39, 0.29) is 47.7 Å². The number of amides is 1. The normalized spacial score (nSPS) is 15.3. The number of halogens is 2. The molecule has 3 rings (SSSR count). The van der Waals surface area contributed by atoms with E-state index in [4.69, 9.17) is 11.6 Å². The van der Waals surface area contributed by atoms with Gasteiger partial charge in [0.1, 0.15) is 5.82 Å². The topological polar surface area (TPSA) is 101 Å². The van der Waals surface area contributed by atoms with Crippen LogP contribution in [0.1, 0.15) is 15.9 Å². The van der Waals surface area contributed by atoms with Crippen molar-refractivity contribution in [1.29, 1.82) is 0 Å². The lowest BCUT2D eigenvalue weighted by Crippen LogP contribution is -2.50. The molecule has 0 unspecified atom stereocenters. The van der Waals surface area contributed by atoms with Gasteiger partial charge in [-0.3, -0.25) is 14.9 Å². The highest BCUT2D eigenvalue weighted by Crippen LogP contribution is 2.24. The maximum Gasteiger partial charge on any atom is 0.272 e. The van der Waals surface area contributed by atoms with Crippen LogP contribution < -0.4 is 0 Å². The second kappa shape index (κ2) is 8.05. The Morgan fingerprint density at radius 3 is 2.34 bits per heavy atom. The molecule has 1 aliphatic heterocycles. The first-order valence-corrected chi connectivity index (χ1v) is 10.4. The SMILES string of the molecule is Cc1cc(C(=O)N2CCN(S(=O)(=O)c3ccc(F)c(Cl)c3)CC2)ccc1[N+](=O)[O-]. The minimum Gasteiger partial charge on any atom is -0.336 e. The molecule has 0 N–H and O–H groups in total. The van der Waals surface area contributed by atoms with Gasteiger partial charge in [-0.2, -0.15) is 4.31 Å². The van der Waals surface area contributed by atoms with Gasteiger partial charge in [0.25, 0.3) is 11.6 Å². The third-order valence-electron chi connectivity index (χ3n) is 4.70. The van der Waals surface area contributed by atoms with E-state index >= 15 is 0 Å². The summed E-state index contributed by atoms with van der Waals surface area (Å²) in [6, 6.07) is 7.31. The Labute approximate surface area is 171 Å². The van der Waals surface area contributed by atoms with Crippen molar-refractivity contribution in [2.75, 3.05) is 26.2 Å². The summed E-state index contributed by atoms with van der Waals surface area (Å²) < 4.78 is 40.0. The molecule has 1 aliphatic rings. The molecule has 2 aromatic carbocycles. The van der Waals surface area contributed by atoms with Crippen LogP contribution in [0.2, 0.25) is 5.02 Å². The number of rotatable bonds is 4. The van der Waals surface area contributed by atoms with Crippen LogP contribution in [-0.4, -0.2) is 54.6 Å². The highest BCUT2D eigenvalue weighted by atomic mass is 35.5. The van der Waals surface area contributed by atoms with Crippen LogP contribution in [0.15, 0.2) is 41.3 Å². The molecular formula is C18H17ClFN3O5S. The number of piperazine rings is 1. The third-order valence-corrected chi connectivity index (χ3v) is 6.88. The number of carbonyl (C=O) groups is 1. The molecule has 154 valence electrons. The van der Waals surface area contributed by atoms with E-state index in [2.05, 4.69) is 0 Å². The highest BCUT2D eigenvalue weighted by molar-refractivity contribution is 7.89. The minimum atomic E-state index is -3.87. The molecule has 1 saturated heterocycles. The Morgan fingerprint density at radius 1 is 1.14 bits per heavy atom. The lowest BCUT2D eigenvalue weighted by atomic mass is 10.1. The maximum absolute atomic E-state index is 13.3. The summed E-state index contributed by atoms with van der Waals surface area (Å²) in [5, 5.41) is 10.6. The zero-order valence-electron chi connectivity index (χ0n) is 15.3. The fourth-order valence-electron chi connectivity index (χ4n) is 3.09. The number of nitro groups is 1. The van der Waals surface area contributed by atoms with Crippen LogP contribution in [0, 0.1) is 22.9 Å². The van der Waals surface area contributed by atoms with Gasteiger partial charge < -0.3 is 4.90 Å². The van der Waals surface area contributed by atoms with E-state index in [1.807, 2.05) is 0 Å². The zero-order valence-corrected chi connectivity index (χ0v) is 16.9. The van der Waals surface area contributed by atoms with Crippen molar-refractivity contribution >= 4 is 33.2 Å². The van der Waals surface area contributed by atoms with Gasteiger partial charge in [-0.05, 0) is 37.3 Å². The average Bonchev–Trinajstić information content (AvgIpc) is 2.69. The fourth-order valence-corrected chi connectivity index (χ4v) is 4.79. The Hall–Kier alpha value is -2.56. The molecule has 8 nitrogen and oxygen atoms in total. The van der Waals surface area contributed by atoms with Crippen molar-refractivity contribution < 1.29 is 22.5 Å². The molecule has 29 heavy (non-hydrogen) atoms. The Balaban J connectivity index is 1.71. The lowest BCUT2D eigenvalue weighted by Gasteiger charge is -2.34.